The first-order valence-electron chi connectivity index (χ1n) is 10.7. The zero-order valence-electron chi connectivity index (χ0n) is 18.7. The van der Waals surface area contributed by atoms with Gasteiger partial charge in [-0.25, -0.2) is 4.98 Å². The third kappa shape index (κ3) is 4.55. The van der Waals surface area contributed by atoms with Crippen molar-refractivity contribution in [1.29, 1.82) is 0 Å². The number of rotatable bonds is 7. The van der Waals surface area contributed by atoms with Crippen LogP contribution in [-0.2, 0) is 4.79 Å². The van der Waals surface area contributed by atoms with Gasteiger partial charge in [-0.2, -0.15) is 0 Å². The van der Waals surface area contributed by atoms with Gasteiger partial charge >= 0.3 is 0 Å². The SMILES string of the molecule is CC(=O)NCCNC(=O)c1[nH]c(C)c(-c2nc3ccc(C(=O)c4ccccc4)cc3[nH]2)c1C. The van der Waals surface area contributed by atoms with Gasteiger partial charge in [0.2, 0.25) is 5.91 Å². The average Bonchev–Trinajstić information content (AvgIpc) is 3.35. The first-order chi connectivity index (χ1) is 15.8. The summed E-state index contributed by atoms with van der Waals surface area (Å²) in [4.78, 5) is 47.5. The van der Waals surface area contributed by atoms with Crippen LogP contribution in [0.15, 0.2) is 48.5 Å². The highest BCUT2D eigenvalue weighted by Crippen LogP contribution is 2.29. The number of benzene rings is 2. The first kappa shape index (κ1) is 22.0. The van der Waals surface area contributed by atoms with Crippen LogP contribution in [0, 0.1) is 13.8 Å². The Bertz CT molecular complexity index is 1350. The number of hydrogen-bond acceptors (Lipinski definition) is 4. The molecule has 2 aromatic carbocycles. The molecule has 33 heavy (non-hydrogen) atoms. The minimum absolute atomic E-state index is 0.0547. The molecule has 8 nitrogen and oxygen atoms in total. The maximum absolute atomic E-state index is 12.8. The first-order valence-corrected chi connectivity index (χ1v) is 10.7. The molecule has 0 bridgehead atoms. The van der Waals surface area contributed by atoms with Gasteiger partial charge < -0.3 is 20.6 Å². The number of carbonyl (C=O) groups is 3. The van der Waals surface area contributed by atoms with Gasteiger partial charge in [0.05, 0.1) is 11.0 Å². The second kappa shape index (κ2) is 9.12. The zero-order chi connectivity index (χ0) is 23.5. The number of nitrogens with zero attached hydrogens (tertiary/aromatic N) is 1. The van der Waals surface area contributed by atoms with Crippen molar-refractivity contribution in [3.63, 3.8) is 0 Å². The summed E-state index contributed by atoms with van der Waals surface area (Å²) in [6.45, 7) is 5.86. The number of fused-ring (bicyclic) bond motifs is 1. The maximum atomic E-state index is 12.8. The van der Waals surface area contributed by atoms with Gasteiger partial charge in [-0.15, -0.1) is 0 Å². The third-order valence-corrected chi connectivity index (χ3v) is 5.47. The zero-order valence-corrected chi connectivity index (χ0v) is 18.7. The Labute approximate surface area is 190 Å². The van der Waals surface area contributed by atoms with Crippen LogP contribution in [0.3, 0.4) is 0 Å². The molecule has 168 valence electrons. The van der Waals surface area contributed by atoms with E-state index in [1.54, 1.807) is 24.3 Å². The summed E-state index contributed by atoms with van der Waals surface area (Å²) in [6.07, 6.45) is 0. The Morgan fingerprint density at radius 3 is 2.36 bits per heavy atom. The summed E-state index contributed by atoms with van der Waals surface area (Å²) in [6, 6.07) is 14.5. The summed E-state index contributed by atoms with van der Waals surface area (Å²) >= 11 is 0. The third-order valence-electron chi connectivity index (χ3n) is 5.47. The highest BCUT2D eigenvalue weighted by Gasteiger charge is 2.21. The number of carbonyl (C=O) groups excluding carboxylic acids is 3. The molecule has 4 aromatic rings. The van der Waals surface area contributed by atoms with Crippen LogP contribution in [-0.4, -0.2) is 45.6 Å². The predicted octanol–water partition coefficient (Wildman–Crippen LogP) is 3.27. The van der Waals surface area contributed by atoms with E-state index >= 15 is 0 Å². The number of hydrogen-bond donors (Lipinski definition) is 4. The molecule has 0 fully saturated rings. The van der Waals surface area contributed by atoms with Crippen molar-refractivity contribution in [2.24, 2.45) is 0 Å². The lowest BCUT2D eigenvalue weighted by atomic mass is 10.0. The number of amides is 2. The number of nitrogens with one attached hydrogen (secondary N) is 4. The van der Waals surface area contributed by atoms with Crippen LogP contribution >= 0.6 is 0 Å². The topological polar surface area (TPSA) is 120 Å². The van der Waals surface area contributed by atoms with Crippen molar-refractivity contribution in [3.8, 4) is 11.4 Å². The number of aryl methyl sites for hydroxylation is 1. The molecular formula is C25H25N5O3. The van der Waals surface area contributed by atoms with E-state index in [2.05, 4.69) is 25.6 Å². The van der Waals surface area contributed by atoms with Gasteiger partial charge in [-0.05, 0) is 37.6 Å². The maximum Gasteiger partial charge on any atom is 0.268 e. The molecule has 2 heterocycles. The van der Waals surface area contributed by atoms with E-state index in [-0.39, 0.29) is 17.6 Å². The van der Waals surface area contributed by atoms with Gasteiger partial charge in [-0.1, -0.05) is 30.3 Å². The molecule has 0 spiro atoms. The molecule has 0 unspecified atom stereocenters. The molecule has 0 radical (unpaired) electrons. The molecule has 4 rings (SSSR count). The molecule has 0 saturated carbocycles. The number of aromatic nitrogens is 3. The van der Waals surface area contributed by atoms with E-state index in [1.807, 2.05) is 38.1 Å². The van der Waals surface area contributed by atoms with Gasteiger partial charge in [0.25, 0.3) is 5.91 Å². The Kier molecular flexibility index (Phi) is 6.08. The molecule has 4 N–H and O–H groups in total. The number of aromatic amines is 2. The Morgan fingerprint density at radius 1 is 0.909 bits per heavy atom. The normalized spacial score (nSPS) is 10.9. The molecule has 0 saturated heterocycles. The lowest BCUT2D eigenvalue weighted by molar-refractivity contribution is -0.118. The Morgan fingerprint density at radius 2 is 1.64 bits per heavy atom. The van der Waals surface area contributed by atoms with Crippen molar-refractivity contribution < 1.29 is 14.4 Å². The minimum Gasteiger partial charge on any atom is -0.355 e. The number of imidazole rings is 1. The van der Waals surface area contributed by atoms with E-state index in [0.29, 0.717) is 35.7 Å². The highest BCUT2D eigenvalue weighted by atomic mass is 16.2. The summed E-state index contributed by atoms with van der Waals surface area (Å²) < 4.78 is 0. The van der Waals surface area contributed by atoms with Crippen molar-refractivity contribution in [2.75, 3.05) is 13.1 Å². The van der Waals surface area contributed by atoms with E-state index < -0.39 is 0 Å². The summed E-state index contributed by atoms with van der Waals surface area (Å²) in [5, 5.41) is 5.44. The van der Waals surface area contributed by atoms with Crippen molar-refractivity contribution >= 4 is 28.6 Å². The van der Waals surface area contributed by atoms with E-state index in [1.165, 1.54) is 6.92 Å². The van der Waals surface area contributed by atoms with Crippen LogP contribution in [0.2, 0.25) is 0 Å². The van der Waals surface area contributed by atoms with Gasteiger partial charge in [0.1, 0.15) is 11.5 Å². The fraction of sp³-hybridized carbons (Fsp3) is 0.200. The predicted molar refractivity (Wildman–Crippen MR) is 126 cm³/mol. The molecule has 0 atom stereocenters. The van der Waals surface area contributed by atoms with Gasteiger partial charge in [0.15, 0.2) is 5.78 Å². The van der Waals surface area contributed by atoms with Crippen molar-refractivity contribution in [2.45, 2.75) is 20.8 Å². The minimum atomic E-state index is -0.251. The Hall–Kier alpha value is -4.20. The van der Waals surface area contributed by atoms with Crippen LogP contribution < -0.4 is 10.6 Å². The summed E-state index contributed by atoms with van der Waals surface area (Å²) in [5.41, 5.74) is 5.51. The van der Waals surface area contributed by atoms with Crippen molar-refractivity contribution in [1.82, 2.24) is 25.6 Å². The van der Waals surface area contributed by atoms with E-state index in [0.717, 1.165) is 27.9 Å². The number of H-pyrrole nitrogens is 2. The van der Waals surface area contributed by atoms with E-state index in [4.69, 9.17) is 0 Å². The lowest BCUT2D eigenvalue weighted by Crippen LogP contribution is -2.34. The number of ketones is 1. The summed E-state index contributed by atoms with van der Waals surface area (Å²) in [5.74, 6) is 0.176. The van der Waals surface area contributed by atoms with Crippen molar-refractivity contribution in [3.05, 3.63) is 76.6 Å². The Balaban J connectivity index is 1.59. The summed E-state index contributed by atoms with van der Waals surface area (Å²) in [7, 11) is 0. The second-order valence-corrected chi connectivity index (χ2v) is 7.88. The van der Waals surface area contributed by atoms with Crippen LogP contribution in [0.5, 0.6) is 0 Å². The molecule has 0 aliphatic carbocycles. The smallest absolute Gasteiger partial charge is 0.268 e. The lowest BCUT2D eigenvalue weighted by Gasteiger charge is -2.05. The van der Waals surface area contributed by atoms with Gasteiger partial charge in [-0.3, -0.25) is 14.4 Å². The van der Waals surface area contributed by atoms with Crippen LogP contribution in [0.4, 0.5) is 0 Å². The fourth-order valence-corrected chi connectivity index (χ4v) is 3.86. The molecule has 2 aromatic heterocycles. The fourth-order valence-electron chi connectivity index (χ4n) is 3.86. The molecular weight excluding hydrogens is 418 g/mol. The molecule has 2 amide bonds. The van der Waals surface area contributed by atoms with Gasteiger partial charge in [0, 0.05) is 42.4 Å². The highest BCUT2D eigenvalue weighted by molar-refractivity contribution is 6.10. The molecule has 0 aliphatic heterocycles. The average molecular weight is 444 g/mol. The van der Waals surface area contributed by atoms with E-state index in [9.17, 15) is 14.4 Å². The standard InChI is InChI=1S/C25H25N5O3/c1-14-21(15(2)28-22(14)25(33)27-12-11-26-16(3)31)24-29-19-10-9-18(13-20(19)30-24)23(32)17-7-5-4-6-8-17/h4-10,13,28H,11-12H2,1-3H3,(H,26,31)(H,27,33)(H,29,30). The largest absolute Gasteiger partial charge is 0.355 e. The molecule has 8 heteroatoms. The second-order valence-electron chi connectivity index (χ2n) is 7.88. The van der Waals surface area contributed by atoms with Crippen LogP contribution in [0.1, 0.15) is 44.6 Å². The molecule has 0 aliphatic rings. The monoisotopic (exact) mass is 443 g/mol. The quantitative estimate of drug-likeness (QED) is 0.259. The van der Waals surface area contributed by atoms with Crippen LogP contribution in [0.25, 0.3) is 22.4 Å².